The second kappa shape index (κ2) is 23.2. The van der Waals surface area contributed by atoms with Crippen LogP contribution in [-0.2, 0) is 52.3 Å². The molecular formula is C56H86O23. The maximum atomic E-state index is 13.8. The van der Waals surface area contributed by atoms with E-state index in [1.54, 1.807) is 39.8 Å². The van der Waals surface area contributed by atoms with Gasteiger partial charge >= 0.3 is 17.9 Å². The number of esters is 2. The van der Waals surface area contributed by atoms with Gasteiger partial charge in [0.1, 0.15) is 67.1 Å². The van der Waals surface area contributed by atoms with E-state index in [1.165, 1.54) is 0 Å². The Morgan fingerprint density at radius 1 is 0.658 bits per heavy atom. The molecule has 26 atom stereocenters. The normalized spacial score (nSPS) is 48.8. The molecule has 0 amide bonds. The number of carbonyl (C=O) groups excluding carboxylic acids is 2. The van der Waals surface area contributed by atoms with Crippen LogP contribution in [-0.4, -0.2) is 216 Å². The quantitative estimate of drug-likeness (QED) is 0.0440. The number of aliphatic carboxylic acids is 1. The highest BCUT2D eigenvalue weighted by molar-refractivity contribution is 5.89. The molecule has 4 saturated carbocycles. The molecule has 12 N–H and O–H groups in total. The Kier molecular flexibility index (Phi) is 18.2. The minimum Gasteiger partial charge on any atom is -0.479 e. The van der Waals surface area contributed by atoms with Crippen molar-refractivity contribution in [3.63, 3.8) is 0 Å². The summed E-state index contributed by atoms with van der Waals surface area (Å²) >= 11 is 0. The van der Waals surface area contributed by atoms with Crippen molar-refractivity contribution in [2.24, 2.45) is 50.7 Å². The maximum Gasteiger partial charge on any atom is 0.335 e. The van der Waals surface area contributed by atoms with E-state index in [4.69, 9.17) is 37.9 Å². The number of aliphatic hydroxyl groups excluding tert-OH is 11. The lowest BCUT2D eigenvalue weighted by atomic mass is 9.34. The largest absolute Gasteiger partial charge is 0.479 e. The van der Waals surface area contributed by atoms with Crippen molar-refractivity contribution in [1.82, 2.24) is 0 Å². The summed E-state index contributed by atoms with van der Waals surface area (Å²) in [7, 11) is 0. The van der Waals surface area contributed by atoms with E-state index in [0.717, 1.165) is 5.57 Å². The van der Waals surface area contributed by atoms with E-state index in [9.17, 15) is 75.7 Å². The van der Waals surface area contributed by atoms with Crippen LogP contribution in [0.15, 0.2) is 34.9 Å². The smallest absolute Gasteiger partial charge is 0.335 e. The summed E-state index contributed by atoms with van der Waals surface area (Å²) in [5, 5.41) is 132. The molecule has 5 aliphatic carbocycles. The fraction of sp³-hybridized carbons (Fsp3) is 0.839. The van der Waals surface area contributed by atoms with Crippen molar-refractivity contribution in [3.05, 3.63) is 34.9 Å². The Hall–Kier alpha value is -3.05. The molecule has 448 valence electrons. The molecule has 0 aromatic heterocycles. The Bertz CT molecular complexity index is 2320. The van der Waals surface area contributed by atoms with Crippen molar-refractivity contribution in [1.29, 1.82) is 0 Å². The van der Waals surface area contributed by atoms with Gasteiger partial charge in [-0.25, -0.2) is 14.4 Å². The van der Waals surface area contributed by atoms with E-state index < -0.39 is 194 Å². The summed E-state index contributed by atoms with van der Waals surface area (Å²) < 4.78 is 48.7. The van der Waals surface area contributed by atoms with Crippen LogP contribution in [0, 0.1) is 50.7 Å². The molecule has 3 aliphatic heterocycles. The van der Waals surface area contributed by atoms with Gasteiger partial charge in [0.05, 0.1) is 37.4 Å². The fourth-order valence-corrected chi connectivity index (χ4v) is 15.8. The van der Waals surface area contributed by atoms with Gasteiger partial charge in [-0.3, -0.25) is 0 Å². The summed E-state index contributed by atoms with van der Waals surface area (Å²) in [5.74, 6) is -4.43. The van der Waals surface area contributed by atoms with E-state index in [1.807, 2.05) is 13.8 Å². The predicted octanol–water partition coefficient (Wildman–Crippen LogP) is -0.126. The number of hydrogen-bond acceptors (Lipinski definition) is 22. The van der Waals surface area contributed by atoms with Crippen LogP contribution in [0.3, 0.4) is 0 Å². The minimum absolute atomic E-state index is 0.0649. The number of allylic oxidation sites excluding steroid dienone is 4. The molecule has 79 heavy (non-hydrogen) atoms. The number of ether oxygens (including phenoxy) is 8. The van der Waals surface area contributed by atoms with Crippen LogP contribution in [0.4, 0.5) is 0 Å². The topological polar surface area (TPSA) is 368 Å². The molecule has 8 aliphatic rings. The second-order valence-corrected chi connectivity index (χ2v) is 25.1. The fourth-order valence-electron chi connectivity index (χ4n) is 15.8. The van der Waals surface area contributed by atoms with Gasteiger partial charge in [0.15, 0.2) is 31.1 Å². The van der Waals surface area contributed by atoms with Crippen molar-refractivity contribution >= 4 is 17.9 Å². The zero-order valence-corrected chi connectivity index (χ0v) is 46.6. The van der Waals surface area contributed by atoms with Gasteiger partial charge in [0.25, 0.3) is 0 Å². The highest BCUT2D eigenvalue weighted by Crippen LogP contribution is 2.75. The van der Waals surface area contributed by atoms with Crippen LogP contribution in [0.25, 0.3) is 0 Å². The third-order valence-corrected chi connectivity index (χ3v) is 20.8. The van der Waals surface area contributed by atoms with Crippen LogP contribution in [0.5, 0.6) is 0 Å². The molecule has 23 heteroatoms. The van der Waals surface area contributed by atoms with E-state index in [2.05, 4.69) is 26.8 Å². The Morgan fingerprint density at radius 3 is 1.76 bits per heavy atom. The molecular weight excluding hydrogens is 1040 g/mol. The van der Waals surface area contributed by atoms with Crippen LogP contribution in [0.2, 0.25) is 0 Å². The van der Waals surface area contributed by atoms with Crippen molar-refractivity contribution in [2.75, 3.05) is 26.4 Å². The van der Waals surface area contributed by atoms with E-state index >= 15 is 0 Å². The lowest BCUT2D eigenvalue weighted by Gasteiger charge is -2.72. The molecule has 8 unspecified atom stereocenters. The summed E-state index contributed by atoms with van der Waals surface area (Å²) in [6, 6.07) is 0. The van der Waals surface area contributed by atoms with Gasteiger partial charge in [0, 0.05) is 29.1 Å². The monoisotopic (exact) mass is 1130 g/mol. The average molecular weight is 1130 g/mol. The summed E-state index contributed by atoms with van der Waals surface area (Å²) in [5.41, 5.74) is -2.34. The number of carboxylic acids is 1. The van der Waals surface area contributed by atoms with Gasteiger partial charge in [0.2, 0.25) is 0 Å². The zero-order valence-electron chi connectivity index (χ0n) is 46.6. The van der Waals surface area contributed by atoms with Gasteiger partial charge in [-0.05, 0) is 107 Å². The molecule has 0 bridgehead atoms. The molecule has 0 aromatic rings. The van der Waals surface area contributed by atoms with E-state index in [0.29, 0.717) is 43.3 Å². The van der Waals surface area contributed by atoms with Crippen molar-refractivity contribution < 1.29 is 114 Å². The maximum absolute atomic E-state index is 13.8. The Morgan fingerprint density at radius 2 is 1.22 bits per heavy atom. The number of rotatable bonds is 15. The third kappa shape index (κ3) is 10.2. The SMILES string of the molecule is C/C=C(/C)C(=O)O[C@H]1[C@H](OC(=O)/C(C)=C\C)[C@@]2(CO)C(CC1(C)C)C1=CCC3[C@@]4(C)CC[C@H](O[C@@H]5OC(C(=O)O)[C@@H](O)[C@@H](O[C@@H]6O[C@@H](CO)[C@@H](O)C6O)C5O[C@@H]5OC(CO)[C@@H](O)[C@@H](O)C5O)[C@H](CO)C4CC[C@@]3(C)[C@]1(C)C[C@H]2O. The number of fused-ring (bicyclic) bond motifs is 7. The first-order valence-corrected chi connectivity index (χ1v) is 27.8. The lowest BCUT2D eigenvalue weighted by molar-refractivity contribution is -0.384. The van der Waals surface area contributed by atoms with Crippen LogP contribution < -0.4 is 0 Å². The molecule has 0 spiro atoms. The zero-order chi connectivity index (χ0) is 58.2. The summed E-state index contributed by atoms with van der Waals surface area (Å²) in [6.45, 7) is 14.5. The van der Waals surface area contributed by atoms with Crippen LogP contribution in [0.1, 0.15) is 107 Å². The third-order valence-electron chi connectivity index (χ3n) is 20.8. The Labute approximate surface area is 460 Å². The standard InChI is InChI=1S/C56H86O23/c1-10-24(3)47(70)78-44-45(79-48(71)25(4)11-2)56(23-60)29(18-52(44,5)6)28-12-13-33-53(7)16-15-30(26(20-57)27(53)14-17-54(33,8)55(28,9)19-34(56)61)72-51-43(77-50-39(66)37(64)35(62)31(21-58)73-50)41(40(67)42(76-51)46(68)69)75-49-38(65)36(63)32(22-59)74-49/h10-12,26-27,29-45,49-51,57-67H,13-23H2,1-9H3,(H,68,69)/b24-10-,25-11-/t26-,27?,29?,30+,31?,32+,33?,34-,35-,36-,37-,38?,39?,40+,41-,42?,43?,44+,45+,49+,50+,51-,53+,54-,55-,56+/m1/s1. The first-order chi connectivity index (χ1) is 37.1. The first-order valence-electron chi connectivity index (χ1n) is 27.8. The Balaban J connectivity index is 1.12. The molecule has 0 radical (unpaired) electrons. The molecule has 0 aromatic carbocycles. The second-order valence-electron chi connectivity index (χ2n) is 25.1. The molecule has 3 saturated heterocycles. The van der Waals surface area contributed by atoms with Crippen molar-refractivity contribution in [3.8, 4) is 0 Å². The highest BCUT2D eigenvalue weighted by Gasteiger charge is 2.73. The van der Waals surface area contributed by atoms with Gasteiger partial charge in [-0.2, -0.15) is 0 Å². The predicted molar refractivity (Wildman–Crippen MR) is 272 cm³/mol. The molecule has 23 nitrogen and oxygen atoms in total. The van der Waals surface area contributed by atoms with Gasteiger partial charge in [-0.15, -0.1) is 0 Å². The lowest BCUT2D eigenvalue weighted by Crippen LogP contribution is -2.72. The number of carboxylic acid groups (broad SMARTS) is 1. The number of hydrogen-bond donors (Lipinski definition) is 12. The molecule has 3 heterocycles. The van der Waals surface area contributed by atoms with E-state index in [-0.39, 0.29) is 24.7 Å². The van der Waals surface area contributed by atoms with Crippen molar-refractivity contribution in [2.45, 2.75) is 218 Å². The summed E-state index contributed by atoms with van der Waals surface area (Å²) in [4.78, 5) is 40.2. The summed E-state index contributed by atoms with van der Waals surface area (Å²) in [6.07, 6.45) is -21.6. The average Bonchev–Trinajstić information content (AvgIpc) is 3.88. The molecule has 8 rings (SSSR count). The van der Waals surface area contributed by atoms with Gasteiger partial charge < -0.3 is 99.2 Å². The highest BCUT2D eigenvalue weighted by atomic mass is 16.8. The van der Waals surface area contributed by atoms with Crippen LogP contribution >= 0.6 is 0 Å². The number of aliphatic hydroxyl groups is 11. The molecule has 7 fully saturated rings. The number of carbonyl (C=O) groups is 3. The first kappa shape index (κ1) is 62.0. The van der Waals surface area contributed by atoms with Gasteiger partial charge in [-0.1, -0.05) is 58.4 Å². The minimum atomic E-state index is -2.14.